The van der Waals surface area contributed by atoms with Crippen molar-refractivity contribution in [1.82, 2.24) is 10.3 Å². The van der Waals surface area contributed by atoms with E-state index in [0.29, 0.717) is 23.5 Å². The summed E-state index contributed by atoms with van der Waals surface area (Å²) in [5, 5.41) is 26.1. The largest absolute Gasteiger partial charge is 0.481 e. The van der Waals surface area contributed by atoms with Crippen LogP contribution in [0.1, 0.15) is 33.2 Å². The van der Waals surface area contributed by atoms with Gasteiger partial charge in [-0.05, 0) is 53.6 Å². The summed E-state index contributed by atoms with van der Waals surface area (Å²) in [5.74, 6) is -1.05. The van der Waals surface area contributed by atoms with E-state index in [9.17, 15) is 14.7 Å². The van der Waals surface area contributed by atoms with Gasteiger partial charge in [0.2, 0.25) is 0 Å². The quantitative estimate of drug-likeness (QED) is 0.101. The standard InChI is InChI=1S/C29H27N5O3S/c30-29(32-18-20-7-2-1-3-8-20)33-23-14-12-21(13-15-23)28(37)34-24-10-4-5-11-25(24)38-26(17-27(35)36)22-9-6-16-31-19-22/h1-16,19,26H,17-18H2,(H,34,37)(H,35,36)(H3,30,32,33). The minimum Gasteiger partial charge on any atom is -0.481 e. The molecule has 0 saturated heterocycles. The van der Waals surface area contributed by atoms with E-state index < -0.39 is 5.97 Å². The van der Waals surface area contributed by atoms with Gasteiger partial charge in [-0.15, -0.1) is 11.8 Å². The first kappa shape index (κ1) is 26.4. The summed E-state index contributed by atoms with van der Waals surface area (Å²) < 4.78 is 0. The number of nitrogens with zero attached hydrogens (tertiary/aromatic N) is 1. The molecule has 192 valence electrons. The highest BCUT2D eigenvalue weighted by atomic mass is 32.2. The van der Waals surface area contributed by atoms with Crippen LogP contribution in [0.4, 0.5) is 11.4 Å². The zero-order valence-electron chi connectivity index (χ0n) is 20.4. The van der Waals surface area contributed by atoms with E-state index in [1.54, 1.807) is 48.8 Å². The van der Waals surface area contributed by atoms with Gasteiger partial charge in [-0.1, -0.05) is 48.5 Å². The van der Waals surface area contributed by atoms with E-state index >= 15 is 0 Å². The molecule has 38 heavy (non-hydrogen) atoms. The number of thioether (sulfide) groups is 1. The summed E-state index contributed by atoms with van der Waals surface area (Å²) >= 11 is 1.37. The highest BCUT2D eigenvalue weighted by molar-refractivity contribution is 7.99. The zero-order chi connectivity index (χ0) is 26.7. The molecule has 8 nitrogen and oxygen atoms in total. The van der Waals surface area contributed by atoms with Gasteiger partial charge in [0.25, 0.3) is 5.91 Å². The maximum Gasteiger partial charge on any atom is 0.304 e. The van der Waals surface area contributed by atoms with Gasteiger partial charge in [0, 0.05) is 40.3 Å². The smallest absolute Gasteiger partial charge is 0.304 e. The fourth-order valence-corrected chi connectivity index (χ4v) is 4.86. The zero-order valence-corrected chi connectivity index (χ0v) is 21.2. The molecule has 4 aromatic rings. The fourth-order valence-electron chi connectivity index (χ4n) is 3.65. The third-order valence-corrected chi connectivity index (χ3v) is 6.88. The molecule has 3 aromatic carbocycles. The summed E-state index contributed by atoms with van der Waals surface area (Å²) in [4.78, 5) is 29.4. The summed E-state index contributed by atoms with van der Waals surface area (Å²) in [6.45, 7) is 0.526. The molecule has 0 fully saturated rings. The number of hydrogen-bond donors (Lipinski definition) is 5. The number of benzene rings is 3. The Morgan fingerprint density at radius 2 is 1.63 bits per heavy atom. The minimum atomic E-state index is -0.912. The van der Waals surface area contributed by atoms with Crippen molar-refractivity contribution in [2.24, 2.45) is 0 Å². The Hall–Kier alpha value is -4.63. The van der Waals surface area contributed by atoms with Gasteiger partial charge in [-0.2, -0.15) is 0 Å². The van der Waals surface area contributed by atoms with E-state index in [0.717, 1.165) is 16.0 Å². The van der Waals surface area contributed by atoms with Crippen LogP contribution in [0.15, 0.2) is 108 Å². The number of pyridine rings is 1. The van der Waals surface area contributed by atoms with Crippen LogP contribution in [0.25, 0.3) is 0 Å². The number of carbonyl (C=O) groups is 2. The third kappa shape index (κ3) is 7.68. The lowest BCUT2D eigenvalue weighted by atomic mass is 10.1. The molecule has 1 amide bonds. The number of para-hydroxylation sites is 1. The van der Waals surface area contributed by atoms with E-state index in [-0.39, 0.29) is 23.5 Å². The molecule has 1 atom stereocenters. The van der Waals surface area contributed by atoms with E-state index in [4.69, 9.17) is 5.41 Å². The SMILES string of the molecule is N=C(NCc1ccccc1)Nc1ccc(C(=O)Nc2ccccc2SC(CC(=O)O)c2cccnc2)cc1. The van der Waals surface area contributed by atoms with Crippen molar-refractivity contribution in [3.8, 4) is 0 Å². The Morgan fingerprint density at radius 3 is 2.34 bits per heavy atom. The van der Waals surface area contributed by atoms with Gasteiger partial charge in [0.1, 0.15) is 0 Å². The Morgan fingerprint density at radius 1 is 0.895 bits per heavy atom. The van der Waals surface area contributed by atoms with Gasteiger partial charge in [-0.25, -0.2) is 0 Å². The number of amides is 1. The van der Waals surface area contributed by atoms with Crippen molar-refractivity contribution >= 4 is 41.0 Å². The van der Waals surface area contributed by atoms with Crippen LogP contribution in [-0.4, -0.2) is 27.9 Å². The predicted octanol–water partition coefficient (Wildman–Crippen LogP) is 5.78. The highest BCUT2D eigenvalue weighted by Crippen LogP contribution is 2.40. The van der Waals surface area contributed by atoms with Gasteiger partial charge in [0.15, 0.2) is 5.96 Å². The number of carboxylic acids is 1. The van der Waals surface area contributed by atoms with Crippen LogP contribution in [0, 0.1) is 5.41 Å². The lowest BCUT2D eigenvalue weighted by molar-refractivity contribution is -0.137. The molecular formula is C29H27N5O3S. The third-order valence-electron chi connectivity index (χ3n) is 5.55. The van der Waals surface area contributed by atoms with Crippen molar-refractivity contribution < 1.29 is 14.7 Å². The maximum absolute atomic E-state index is 13.0. The van der Waals surface area contributed by atoms with Gasteiger partial charge in [0.05, 0.1) is 12.1 Å². The second kappa shape index (κ2) is 13.1. The molecule has 4 rings (SSSR count). The van der Waals surface area contributed by atoms with Crippen LogP contribution in [0.2, 0.25) is 0 Å². The average Bonchev–Trinajstić information content (AvgIpc) is 2.94. The Kier molecular flexibility index (Phi) is 9.09. The number of aromatic nitrogens is 1. The van der Waals surface area contributed by atoms with Crippen LogP contribution < -0.4 is 16.0 Å². The topological polar surface area (TPSA) is 127 Å². The molecule has 9 heteroatoms. The van der Waals surface area contributed by atoms with Crippen molar-refractivity contribution in [3.05, 3.63) is 120 Å². The minimum absolute atomic E-state index is 0.0810. The predicted molar refractivity (Wildman–Crippen MR) is 151 cm³/mol. The second-order valence-corrected chi connectivity index (χ2v) is 9.60. The lowest BCUT2D eigenvalue weighted by Crippen LogP contribution is -2.29. The molecule has 5 N–H and O–H groups in total. The maximum atomic E-state index is 13.0. The van der Waals surface area contributed by atoms with E-state index in [2.05, 4.69) is 20.9 Å². The summed E-state index contributed by atoms with van der Waals surface area (Å²) in [5.41, 5.74) is 3.59. The number of hydrogen-bond acceptors (Lipinski definition) is 5. The Bertz CT molecular complexity index is 1380. The normalized spacial score (nSPS) is 11.3. The highest BCUT2D eigenvalue weighted by Gasteiger charge is 2.19. The lowest BCUT2D eigenvalue weighted by Gasteiger charge is -2.17. The number of guanidine groups is 1. The number of aliphatic carboxylic acids is 1. The second-order valence-electron chi connectivity index (χ2n) is 8.36. The molecule has 1 heterocycles. The van der Waals surface area contributed by atoms with Crippen LogP contribution in [0.3, 0.4) is 0 Å². The molecule has 0 saturated carbocycles. The van der Waals surface area contributed by atoms with Gasteiger partial charge >= 0.3 is 5.97 Å². The summed E-state index contributed by atoms with van der Waals surface area (Å²) in [7, 11) is 0. The Labute approximate surface area is 225 Å². The number of rotatable bonds is 10. The molecule has 0 bridgehead atoms. The van der Waals surface area contributed by atoms with Crippen molar-refractivity contribution in [3.63, 3.8) is 0 Å². The van der Waals surface area contributed by atoms with Crippen molar-refractivity contribution in [2.45, 2.75) is 23.1 Å². The van der Waals surface area contributed by atoms with E-state index in [1.807, 2.05) is 54.6 Å². The van der Waals surface area contributed by atoms with Gasteiger partial charge < -0.3 is 21.1 Å². The molecule has 0 aliphatic rings. The molecule has 1 aromatic heterocycles. The van der Waals surface area contributed by atoms with Crippen molar-refractivity contribution in [1.29, 1.82) is 5.41 Å². The van der Waals surface area contributed by atoms with Crippen LogP contribution >= 0.6 is 11.8 Å². The molecule has 0 radical (unpaired) electrons. The molecular weight excluding hydrogens is 498 g/mol. The average molecular weight is 526 g/mol. The summed E-state index contributed by atoms with van der Waals surface area (Å²) in [6.07, 6.45) is 3.22. The summed E-state index contributed by atoms with van der Waals surface area (Å²) in [6, 6.07) is 27.6. The Balaban J connectivity index is 1.38. The first-order valence-electron chi connectivity index (χ1n) is 11.9. The van der Waals surface area contributed by atoms with Crippen LogP contribution in [0.5, 0.6) is 0 Å². The monoisotopic (exact) mass is 525 g/mol. The number of carboxylic acid groups (broad SMARTS) is 1. The molecule has 0 spiro atoms. The first-order chi connectivity index (χ1) is 18.5. The van der Waals surface area contributed by atoms with Crippen molar-refractivity contribution in [2.75, 3.05) is 10.6 Å². The number of nitrogens with one attached hydrogen (secondary N) is 4. The molecule has 0 aliphatic carbocycles. The number of anilines is 2. The fraction of sp³-hybridized carbons (Fsp3) is 0.103. The first-order valence-corrected chi connectivity index (χ1v) is 12.8. The van der Waals surface area contributed by atoms with Crippen LogP contribution in [-0.2, 0) is 11.3 Å². The van der Waals surface area contributed by atoms with Gasteiger partial charge in [-0.3, -0.25) is 20.0 Å². The molecule has 0 aliphatic heterocycles. The molecule has 1 unspecified atom stereocenters. The number of carbonyl (C=O) groups excluding carboxylic acids is 1. The van der Waals surface area contributed by atoms with E-state index in [1.165, 1.54) is 11.8 Å².